The number of nitrogens with two attached hydrogens (primary N) is 1. The van der Waals surface area contributed by atoms with Crippen molar-refractivity contribution in [3.63, 3.8) is 0 Å². The number of carbonyl (C=O) groups is 1. The van der Waals surface area contributed by atoms with Gasteiger partial charge in [0.15, 0.2) is 11.6 Å². The Hall–Kier alpha value is -5.32. The number of aromatic nitrogens is 4. The smallest absolute Gasteiger partial charge is 0.257 e. The zero-order valence-electron chi connectivity index (χ0n) is 20.9. The molecular weight excluding hydrogens is 506 g/mol. The van der Waals surface area contributed by atoms with Crippen LogP contribution in [0, 0.1) is 18.6 Å². The quantitative estimate of drug-likeness (QED) is 0.326. The van der Waals surface area contributed by atoms with Crippen LogP contribution >= 0.6 is 0 Å². The Kier molecular flexibility index (Phi) is 6.63. The fraction of sp³-hybridized carbons (Fsp3) is 0.0714. The van der Waals surface area contributed by atoms with Crippen LogP contribution < -0.4 is 21.3 Å². The van der Waals surface area contributed by atoms with E-state index < -0.39 is 17.5 Å². The second kappa shape index (κ2) is 10.2. The predicted molar refractivity (Wildman–Crippen MR) is 142 cm³/mol. The normalized spacial score (nSPS) is 10.9. The van der Waals surface area contributed by atoms with Crippen molar-refractivity contribution in [2.45, 2.75) is 6.92 Å². The van der Waals surface area contributed by atoms with Gasteiger partial charge in [0.1, 0.15) is 17.4 Å². The van der Waals surface area contributed by atoms with Crippen molar-refractivity contribution in [2.24, 2.45) is 7.05 Å². The molecule has 0 radical (unpaired) electrons. The summed E-state index contributed by atoms with van der Waals surface area (Å²) in [4.78, 5) is 29.6. The minimum atomic E-state index is -0.728. The third-order valence-corrected chi connectivity index (χ3v) is 6.01. The maximum Gasteiger partial charge on any atom is 0.257 e. The number of nitrogen functional groups attached to an aromatic ring is 1. The lowest BCUT2D eigenvalue weighted by Gasteiger charge is -2.15. The molecule has 5 aromatic rings. The number of benzene rings is 2. The number of nitrogens with zero attached hydrogens (tertiary/aromatic N) is 4. The van der Waals surface area contributed by atoms with E-state index >= 15 is 4.39 Å². The van der Waals surface area contributed by atoms with Gasteiger partial charge in [0, 0.05) is 54.2 Å². The third kappa shape index (κ3) is 5.10. The van der Waals surface area contributed by atoms with Crippen molar-refractivity contribution in [2.75, 3.05) is 11.1 Å². The number of hydrogen-bond acceptors (Lipinski definition) is 6. The maximum atomic E-state index is 15.1. The van der Waals surface area contributed by atoms with Gasteiger partial charge in [-0.05, 0) is 55.5 Å². The minimum Gasteiger partial charge on any atom is -0.453 e. The highest BCUT2D eigenvalue weighted by Gasteiger charge is 2.18. The van der Waals surface area contributed by atoms with Crippen LogP contribution in [0.5, 0.6) is 11.5 Å². The van der Waals surface area contributed by atoms with E-state index in [2.05, 4.69) is 15.4 Å². The molecule has 3 aromatic heterocycles. The van der Waals surface area contributed by atoms with Gasteiger partial charge in [0.05, 0.1) is 17.3 Å². The Morgan fingerprint density at radius 3 is 2.49 bits per heavy atom. The van der Waals surface area contributed by atoms with Crippen LogP contribution in [-0.4, -0.2) is 25.2 Å². The molecule has 1 amide bonds. The van der Waals surface area contributed by atoms with Gasteiger partial charge in [-0.3, -0.25) is 18.8 Å². The third-order valence-electron chi connectivity index (χ3n) is 6.01. The molecule has 3 N–H and O–H groups in total. The topological polar surface area (TPSA) is 117 Å². The summed E-state index contributed by atoms with van der Waals surface area (Å²) in [6.07, 6.45) is 4.78. The van der Waals surface area contributed by atoms with Gasteiger partial charge in [-0.1, -0.05) is 0 Å². The van der Waals surface area contributed by atoms with Crippen molar-refractivity contribution in [3.8, 4) is 28.3 Å². The molecule has 11 heteroatoms. The first-order valence-electron chi connectivity index (χ1n) is 11.7. The number of pyridine rings is 2. The highest BCUT2D eigenvalue weighted by Crippen LogP contribution is 2.37. The lowest BCUT2D eigenvalue weighted by Crippen LogP contribution is -2.24. The van der Waals surface area contributed by atoms with E-state index in [1.807, 2.05) is 0 Å². The highest BCUT2D eigenvalue weighted by molar-refractivity contribution is 6.05. The fourth-order valence-electron chi connectivity index (χ4n) is 4.15. The Labute approximate surface area is 221 Å². The van der Waals surface area contributed by atoms with Gasteiger partial charge in [-0.15, -0.1) is 0 Å². The molecule has 196 valence electrons. The molecule has 0 spiro atoms. The van der Waals surface area contributed by atoms with Gasteiger partial charge >= 0.3 is 0 Å². The number of aryl methyl sites for hydroxylation is 1. The van der Waals surface area contributed by atoms with E-state index in [9.17, 15) is 14.0 Å². The molecule has 0 aliphatic rings. The van der Waals surface area contributed by atoms with Gasteiger partial charge in [-0.2, -0.15) is 5.10 Å². The van der Waals surface area contributed by atoms with Gasteiger partial charge in [0.2, 0.25) is 0 Å². The molecule has 0 bridgehead atoms. The molecule has 5 rings (SSSR count). The summed E-state index contributed by atoms with van der Waals surface area (Å²) in [5.41, 5.74) is 7.90. The lowest BCUT2D eigenvalue weighted by atomic mass is 10.1. The molecule has 2 aromatic carbocycles. The molecule has 0 saturated heterocycles. The number of hydrogen-bond donors (Lipinski definition) is 2. The van der Waals surface area contributed by atoms with Crippen LogP contribution in [0.2, 0.25) is 0 Å². The molecule has 9 nitrogen and oxygen atoms in total. The minimum absolute atomic E-state index is 0.0928. The largest absolute Gasteiger partial charge is 0.453 e. The van der Waals surface area contributed by atoms with Gasteiger partial charge in [-0.25, -0.2) is 13.8 Å². The molecule has 3 heterocycles. The molecule has 39 heavy (non-hydrogen) atoms. The van der Waals surface area contributed by atoms with Crippen molar-refractivity contribution < 1.29 is 18.3 Å². The number of ether oxygens (including phenoxy) is 1. The van der Waals surface area contributed by atoms with Crippen LogP contribution in [-0.2, 0) is 7.05 Å². The highest BCUT2D eigenvalue weighted by atomic mass is 19.1. The Morgan fingerprint density at radius 1 is 1.03 bits per heavy atom. The zero-order chi connectivity index (χ0) is 27.7. The average Bonchev–Trinajstić information content (AvgIpc) is 3.32. The zero-order valence-corrected chi connectivity index (χ0v) is 20.9. The summed E-state index contributed by atoms with van der Waals surface area (Å²) >= 11 is 0. The van der Waals surface area contributed by atoms with Gasteiger partial charge in [0.25, 0.3) is 11.5 Å². The molecule has 0 unspecified atom stereocenters. The van der Waals surface area contributed by atoms with Crippen LogP contribution in [0.4, 0.5) is 20.3 Å². The molecule has 0 aliphatic carbocycles. The predicted octanol–water partition coefficient (Wildman–Crippen LogP) is 4.85. The van der Waals surface area contributed by atoms with E-state index in [1.165, 1.54) is 59.3 Å². The maximum absolute atomic E-state index is 15.1. The second-order valence-electron chi connectivity index (χ2n) is 8.66. The molecule has 0 saturated carbocycles. The first kappa shape index (κ1) is 25.3. The summed E-state index contributed by atoms with van der Waals surface area (Å²) < 4.78 is 37.1. The number of nitrogens with one attached hydrogen (secondary N) is 1. The van der Waals surface area contributed by atoms with Crippen LogP contribution in [0.15, 0.2) is 84.0 Å². The summed E-state index contributed by atoms with van der Waals surface area (Å²) in [6.45, 7) is 1.59. The van der Waals surface area contributed by atoms with E-state index in [0.29, 0.717) is 22.5 Å². The van der Waals surface area contributed by atoms with E-state index in [-0.39, 0.29) is 34.1 Å². The number of amides is 1. The lowest BCUT2D eigenvalue weighted by molar-refractivity contribution is 0.102. The SMILES string of the molecule is Cc1c(C(=O)Nc2ccc(Oc3ccnc(N)c3-c3cnn(C)c3)c(F)c2)ccc(=O)n1-c1ccc(F)cc1. The van der Waals surface area contributed by atoms with Crippen LogP contribution in [0.1, 0.15) is 16.1 Å². The average molecular weight is 529 g/mol. The summed E-state index contributed by atoms with van der Waals surface area (Å²) in [5, 5.41) is 6.77. The van der Waals surface area contributed by atoms with Crippen molar-refractivity contribution in [3.05, 3.63) is 112 Å². The Morgan fingerprint density at radius 2 is 1.79 bits per heavy atom. The second-order valence-corrected chi connectivity index (χ2v) is 8.66. The molecule has 0 aliphatic heterocycles. The standard InChI is InChI=1S/C28H22F2N6O3/c1-16-21(8-10-25(37)36(16)20-6-3-18(29)4-7-20)28(38)34-19-5-9-23(22(30)13-19)39-24-11-12-32-27(31)26(24)17-14-33-35(2)15-17/h3-15H,1-2H3,(H2,31,32)(H,34,38). The van der Waals surface area contributed by atoms with Crippen molar-refractivity contribution >= 4 is 17.4 Å². The molecular formula is C28H22F2N6O3. The van der Waals surface area contributed by atoms with E-state index in [1.54, 1.807) is 37.1 Å². The first-order chi connectivity index (χ1) is 18.7. The monoisotopic (exact) mass is 528 g/mol. The van der Waals surface area contributed by atoms with Gasteiger partial charge < -0.3 is 15.8 Å². The van der Waals surface area contributed by atoms with Crippen molar-refractivity contribution in [1.82, 2.24) is 19.3 Å². The van der Waals surface area contributed by atoms with Crippen LogP contribution in [0.25, 0.3) is 16.8 Å². The fourth-order valence-corrected chi connectivity index (χ4v) is 4.15. The summed E-state index contributed by atoms with van der Waals surface area (Å²) in [7, 11) is 1.75. The number of anilines is 2. The Bertz CT molecular complexity index is 1760. The molecule has 0 fully saturated rings. The number of carbonyl (C=O) groups excluding carboxylic acids is 1. The summed E-state index contributed by atoms with van der Waals surface area (Å²) in [6, 6.07) is 13.5. The summed E-state index contributed by atoms with van der Waals surface area (Å²) in [5.74, 6) is -1.35. The number of halogens is 2. The van der Waals surface area contributed by atoms with E-state index in [4.69, 9.17) is 10.5 Å². The molecule has 0 atom stereocenters. The first-order valence-corrected chi connectivity index (χ1v) is 11.7. The number of rotatable bonds is 6. The van der Waals surface area contributed by atoms with Crippen LogP contribution in [0.3, 0.4) is 0 Å². The Balaban J connectivity index is 1.39. The van der Waals surface area contributed by atoms with Crippen molar-refractivity contribution in [1.29, 1.82) is 0 Å². The van der Waals surface area contributed by atoms with E-state index in [0.717, 1.165) is 6.07 Å².